The molecule has 5 heteroatoms. The summed E-state index contributed by atoms with van der Waals surface area (Å²) in [6.45, 7) is 0. The molecule has 2 N–H and O–H groups in total. The summed E-state index contributed by atoms with van der Waals surface area (Å²) in [5.74, 6) is -1.01. The molecule has 0 radical (unpaired) electrons. The number of nitrogens with zero attached hydrogens (tertiary/aromatic N) is 1. The Morgan fingerprint density at radius 3 is 2.53 bits per heavy atom. The number of urea groups is 1. The van der Waals surface area contributed by atoms with Crippen LogP contribution in [0.3, 0.4) is 0 Å². The molecule has 1 aliphatic carbocycles. The fraction of sp³-hybridized carbons (Fsp3) is 0.429. The Bertz CT molecular complexity index is 457. The van der Waals surface area contributed by atoms with Crippen molar-refractivity contribution in [2.45, 2.75) is 31.3 Å². The summed E-state index contributed by atoms with van der Waals surface area (Å²) in [6.07, 6.45) is 2.29. The number of hydrogen-bond acceptors (Lipinski definition) is 2. The molecule has 0 heterocycles. The lowest BCUT2D eigenvalue weighted by Gasteiger charge is -2.21. The molecular formula is C14H18N2O3. The molecule has 19 heavy (non-hydrogen) atoms. The van der Waals surface area contributed by atoms with Crippen molar-refractivity contribution in [2.75, 3.05) is 7.05 Å². The quantitative estimate of drug-likeness (QED) is 0.844. The number of carbonyl (C=O) groups is 2. The van der Waals surface area contributed by atoms with Crippen LogP contribution in [0.15, 0.2) is 30.3 Å². The van der Waals surface area contributed by atoms with Gasteiger partial charge in [-0.05, 0) is 18.4 Å². The lowest BCUT2D eigenvalue weighted by Crippen LogP contribution is -2.48. The van der Waals surface area contributed by atoms with E-state index in [1.807, 2.05) is 30.3 Å². The first-order valence-electron chi connectivity index (χ1n) is 6.38. The van der Waals surface area contributed by atoms with Crippen LogP contribution in [0.2, 0.25) is 0 Å². The Hall–Kier alpha value is -2.04. The Morgan fingerprint density at radius 2 is 2.00 bits per heavy atom. The average Bonchev–Trinajstić information content (AvgIpc) is 3.22. The van der Waals surface area contributed by atoms with Gasteiger partial charge in [-0.2, -0.15) is 0 Å². The largest absolute Gasteiger partial charge is 0.480 e. The number of carboxylic acid groups (broad SMARTS) is 1. The topological polar surface area (TPSA) is 69.6 Å². The normalized spacial score (nSPS) is 15.6. The zero-order valence-corrected chi connectivity index (χ0v) is 10.9. The highest BCUT2D eigenvalue weighted by Gasteiger charge is 2.31. The first-order valence-corrected chi connectivity index (χ1v) is 6.38. The van der Waals surface area contributed by atoms with Crippen molar-refractivity contribution < 1.29 is 14.7 Å². The van der Waals surface area contributed by atoms with E-state index in [0.29, 0.717) is 6.42 Å². The summed E-state index contributed by atoms with van der Waals surface area (Å²) in [6, 6.07) is 8.35. The maximum atomic E-state index is 11.9. The van der Waals surface area contributed by atoms with E-state index in [0.717, 1.165) is 18.4 Å². The Morgan fingerprint density at radius 1 is 1.37 bits per heavy atom. The fourth-order valence-corrected chi connectivity index (χ4v) is 1.93. The first-order chi connectivity index (χ1) is 9.08. The van der Waals surface area contributed by atoms with E-state index in [1.165, 1.54) is 0 Å². The third-order valence-corrected chi connectivity index (χ3v) is 3.29. The number of hydrogen-bond donors (Lipinski definition) is 2. The van der Waals surface area contributed by atoms with Gasteiger partial charge in [-0.25, -0.2) is 9.59 Å². The van der Waals surface area contributed by atoms with Crippen molar-refractivity contribution in [3.63, 3.8) is 0 Å². The summed E-state index contributed by atoms with van der Waals surface area (Å²) in [7, 11) is 1.70. The number of rotatable bonds is 5. The summed E-state index contributed by atoms with van der Waals surface area (Å²) >= 11 is 0. The smallest absolute Gasteiger partial charge is 0.326 e. The summed E-state index contributed by atoms with van der Waals surface area (Å²) in [5, 5.41) is 11.8. The van der Waals surface area contributed by atoms with Gasteiger partial charge in [0.1, 0.15) is 6.04 Å². The molecule has 1 aromatic rings. The predicted octanol–water partition coefficient (Wildman–Crippen LogP) is 1.49. The highest BCUT2D eigenvalue weighted by molar-refractivity contribution is 5.83. The molecule has 1 unspecified atom stereocenters. The third kappa shape index (κ3) is 3.71. The van der Waals surface area contributed by atoms with Gasteiger partial charge in [-0.15, -0.1) is 0 Å². The molecule has 2 amide bonds. The average molecular weight is 262 g/mol. The minimum Gasteiger partial charge on any atom is -0.480 e. The maximum Gasteiger partial charge on any atom is 0.326 e. The van der Waals surface area contributed by atoms with E-state index in [4.69, 9.17) is 0 Å². The van der Waals surface area contributed by atoms with E-state index in [9.17, 15) is 14.7 Å². The van der Waals surface area contributed by atoms with E-state index < -0.39 is 12.0 Å². The van der Waals surface area contributed by atoms with Crippen molar-refractivity contribution in [1.29, 1.82) is 0 Å². The highest BCUT2D eigenvalue weighted by Crippen LogP contribution is 2.25. The van der Waals surface area contributed by atoms with Gasteiger partial charge in [0.15, 0.2) is 0 Å². The van der Waals surface area contributed by atoms with Crippen molar-refractivity contribution in [2.24, 2.45) is 0 Å². The molecule has 0 saturated heterocycles. The van der Waals surface area contributed by atoms with E-state index in [1.54, 1.807) is 11.9 Å². The van der Waals surface area contributed by atoms with Gasteiger partial charge >= 0.3 is 12.0 Å². The van der Waals surface area contributed by atoms with Crippen molar-refractivity contribution in [3.05, 3.63) is 35.9 Å². The number of aliphatic carboxylic acids is 1. The van der Waals surface area contributed by atoms with E-state index in [-0.39, 0.29) is 12.1 Å². The van der Waals surface area contributed by atoms with Crippen molar-refractivity contribution >= 4 is 12.0 Å². The van der Waals surface area contributed by atoms with Crippen molar-refractivity contribution in [3.8, 4) is 0 Å². The van der Waals surface area contributed by atoms with Crippen LogP contribution in [-0.2, 0) is 11.2 Å². The van der Waals surface area contributed by atoms with Crippen LogP contribution in [0.25, 0.3) is 0 Å². The molecule has 1 fully saturated rings. The lowest BCUT2D eigenvalue weighted by molar-refractivity contribution is -0.139. The second-order valence-electron chi connectivity index (χ2n) is 4.87. The van der Waals surface area contributed by atoms with Gasteiger partial charge in [-0.3, -0.25) is 0 Å². The molecule has 1 aromatic carbocycles. The number of carboxylic acids is 1. The van der Waals surface area contributed by atoms with Gasteiger partial charge in [0.25, 0.3) is 0 Å². The molecule has 2 rings (SSSR count). The molecule has 5 nitrogen and oxygen atoms in total. The highest BCUT2D eigenvalue weighted by atomic mass is 16.4. The second-order valence-corrected chi connectivity index (χ2v) is 4.87. The number of nitrogens with one attached hydrogen (secondary N) is 1. The predicted molar refractivity (Wildman–Crippen MR) is 70.9 cm³/mol. The Balaban J connectivity index is 1.96. The van der Waals surface area contributed by atoms with Crippen molar-refractivity contribution in [1.82, 2.24) is 10.2 Å². The summed E-state index contributed by atoms with van der Waals surface area (Å²) in [5.41, 5.74) is 0.893. The molecule has 0 aromatic heterocycles. The minimum absolute atomic E-state index is 0.270. The number of benzene rings is 1. The second kappa shape index (κ2) is 5.73. The fourth-order valence-electron chi connectivity index (χ4n) is 1.93. The Labute approximate surface area is 112 Å². The van der Waals surface area contributed by atoms with Crippen LogP contribution in [0.5, 0.6) is 0 Å². The molecule has 1 atom stereocenters. The van der Waals surface area contributed by atoms with Gasteiger partial charge in [-0.1, -0.05) is 30.3 Å². The van der Waals surface area contributed by atoms with Gasteiger partial charge in [0, 0.05) is 19.5 Å². The van der Waals surface area contributed by atoms with Gasteiger partial charge < -0.3 is 15.3 Å². The van der Waals surface area contributed by atoms with Crippen LogP contribution in [-0.4, -0.2) is 41.1 Å². The zero-order valence-electron chi connectivity index (χ0n) is 10.9. The van der Waals surface area contributed by atoms with Gasteiger partial charge in [0.2, 0.25) is 0 Å². The van der Waals surface area contributed by atoms with E-state index >= 15 is 0 Å². The number of amides is 2. The summed E-state index contributed by atoms with van der Waals surface area (Å²) < 4.78 is 0. The van der Waals surface area contributed by atoms with Crippen LogP contribution < -0.4 is 5.32 Å². The molecule has 1 saturated carbocycles. The molecule has 102 valence electrons. The Kier molecular flexibility index (Phi) is 4.04. The molecule has 0 spiro atoms. The zero-order chi connectivity index (χ0) is 13.8. The molecule has 0 aliphatic heterocycles. The van der Waals surface area contributed by atoms with Crippen LogP contribution >= 0.6 is 0 Å². The van der Waals surface area contributed by atoms with Crippen LogP contribution in [0.1, 0.15) is 18.4 Å². The van der Waals surface area contributed by atoms with Crippen LogP contribution in [0.4, 0.5) is 4.79 Å². The number of carbonyl (C=O) groups excluding carboxylic acids is 1. The SMILES string of the molecule is CN(C(=O)NC(Cc1ccccc1)C(=O)O)C1CC1. The molecule has 0 bridgehead atoms. The van der Waals surface area contributed by atoms with E-state index in [2.05, 4.69) is 5.32 Å². The standard InChI is InChI=1S/C14H18N2O3/c1-16(11-7-8-11)14(19)15-12(13(17)18)9-10-5-3-2-4-6-10/h2-6,11-12H,7-9H2,1H3,(H,15,19)(H,17,18). The van der Waals surface area contributed by atoms with Crippen LogP contribution in [0, 0.1) is 0 Å². The molecular weight excluding hydrogens is 244 g/mol. The molecule has 1 aliphatic rings. The lowest BCUT2D eigenvalue weighted by atomic mass is 10.1. The monoisotopic (exact) mass is 262 g/mol. The third-order valence-electron chi connectivity index (χ3n) is 3.29. The minimum atomic E-state index is -1.01. The summed E-state index contributed by atoms with van der Waals surface area (Å²) in [4.78, 5) is 24.7. The maximum absolute atomic E-state index is 11.9. The first kappa shape index (κ1) is 13.4. The van der Waals surface area contributed by atoms with Gasteiger partial charge in [0.05, 0.1) is 0 Å².